The van der Waals surface area contributed by atoms with Gasteiger partial charge in [0, 0.05) is 0 Å². The van der Waals surface area contributed by atoms with Crippen LogP contribution < -0.4 is 5.73 Å². The van der Waals surface area contributed by atoms with E-state index in [0.29, 0.717) is 0 Å². The van der Waals surface area contributed by atoms with Crippen molar-refractivity contribution in [1.29, 1.82) is 0 Å². The van der Waals surface area contributed by atoms with E-state index in [0.717, 1.165) is 7.11 Å². The van der Waals surface area contributed by atoms with Crippen LogP contribution in [0.3, 0.4) is 0 Å². The summed E-state index contributed by atoms with van der Waals surface area (Å²) in [6.45, 7) is -0.875. The lowest BCUT2D eigenvalue weighted by atomic mass is 9.88. The van der Waals surface area contributed by atoms with Crippen molar-refractivity contribution < 1.29 is 44.2 Å². The molecule has 9 nitrogen and oxygen atoms in total. The van der Waals surface area contributed by atoms with Crippen LogP contribution in [0.25, 0.3) is 0 Å². The Bertz CT molecular complexity index is 354. The van der Waals surface area contributed by atoms with E-state index in [-0.39, 0.29) is 0 Å². The Labute approximate surface area is 113 Å². The molecule has 0 spiro atoms. The molecule has 0 amide bonds. The highest BCUT2D eigenvalue weighted by molar-refractivity contribution is 5.78. The molecule has 5 unspecified atom stereocenters. The van der Waals surface area contributed by atoms with Crippen LogP contribution in [0.15, 0.2) is 0 Å². The fourth-order valence-electron chi connectivity index (χ4n) is 1.90. The maximum absolute atomic E-state index is 13.8. The molecule has 10 heteroatoms. The number of rotatable bonds is 4. The first-order chi connectivity index (χ1) is 9.20. The molecule has 7 N–H and O–H groups in total. The monoisotopic (exact) mass is 299 g/mol. The number of aliphatic hydroxyl groups excluding tert-OH is 4. The summed E-state index contributed by atoms with van der Waals surface area (Å²) < 4.78 is 22.7. The minimum atomic E-state index is -3.18. The van der Waals surface area contributed by atoms with Gasteiger partial charge in [-0.05, 0) is 0 Å². The van der Waals surface area contributed by atoms with Crippen molar-refractivity contribution in [2.24, 2.45) is 5.73 Å². The van der Waals surface area contributed by atoms with Gasteiger partial charge in [0.2, 0.25) is 0 Å². The number of nitrogens with two attached hydrogens (primary N) is 1. The highest BCUT2D eigenvalue weighted by Gasteiger charge is 2.60. The first-order valence-electron chi connectivity index (χ1n) is 5.74. The maximum atomic E-state index is 13.8. The third-order valence-electron chi connectivity index (χ3n) is 3.16. The van der Waals surface area contributed by atoms with Gasteiger partial charge >= 0.3 is 11.8 Å². The van der Waals surface area contributed by atoms with Crippen LogP contribution in [0.4, 0.5) is 4.39 Å². The van der Waals surface area contributed by atoms with Gasteiger partial charge in [0.25, 0.3) is 0 Å². The van der Waals surface area contributed by atoms with Gasteiger partial charge in [0.05, 0.1) is 19.8 Å². The van der Waals surface area contributed by atoms with E-state index >= 15 is 0 Å². The lowest BCUT2D eigenvalue weighted by Gasteiger charge is -2.45. The van der Waals surface area contributed by atoms with Crippen molar-refractivity contribution in [3.05, 3.63) is 0 Å². The fourth-order valence-corrected chi connectivity index (χ4v) is 1.90. The first-order valence-corrected chi connectivity index (χ1v) is 5.74. The Balaban J connectivity index is 3.06. The second-order valence-corrected chi connectivity index (χ2v) is 4.48. The molecule has 20 heavy (non-hydrogen) atoms. The molecule has 0 aliphatic carbocycles. The third-order valence-corrected chi connectivity index (χ3v) is 3.16. The van der Waals surface area contributed by atoms with Gasteiger partial charge in [0.15, 0.2) is 6.17 Å². The molecule has 1 saturated heterocycles. The molecule has 1 rings (SSSR count). The highest BCUT2D eigenvalue weighted by Crippen LogP contribution is 2.32. The molecule has 7 atom stereocenters. The molecule has 1 aliphatic rings. The number of carbonyl (C=O) groups excluding carboxylic acids is 1. The van der Waals surface area contributed by atoms with Crippen LogP contribution >= 0.6 is 0 Å². The lowest BCUT2D eigenvalue weighted by Crippen LogP contribution is -2.71. The average molecular weight is 299 g/mol. The summed E-state index contributed by atoms with van der Waals surface area (Å²) in [5.74, 6) is -4.71. The molecular formula is C10H18FNO8. The van der Waals surface area contributed by atoms with E-state index in [1.165, 1.54) is 0 Å². The van der Waals surface area contributed by atoms with Crippen LogP contribution in [-0.4, -0.2) is 87.6 Å². The Morgan fingerprint density at radius 1 is 1.55 bits per heavy atom. The minimum Gasteiger partial charge on any atom is -0.465 e. The predicted molar refractivity (Wildman–Crippen MR) is 59.8 cm³/mol. The topological polar surface area (TPSA) is 163 Å². The van der Waals surface area contributed by atoms with E-state index in [4.69, 9.17) is 15.6 Å². The second kappa shape index (κ2) is 6.26. The SMILES string of the molecule is COC(=O)C1(O)OC([C@H](O)[C@H](O)CO)C(N)C(O)C1F. The van der Waals surface area contributed by atoms with Crippen molar-refractivity contribution in [2.45, 2.75) is 42.4 Å². The molecule has 0 bridgehead atoms. The third kappa shape index (κ3) is 2.76. The Morgan fingerprint density at radius 3 is 2.55 bits per heavy atom. The summed E-state index contributed by atoms with van der Waals surface area (Å²) in [5, 5.41) is 47.2. The maximum Gasteiger partial charge on any atom is 0.369 e. The number of ether oxygens (including phenoxy) is 2. The molecule has 0 aromatic carbocycles. The van der Waals surface area contributed by atoms with Crippen molar-refractivity contribution in [3.63, 3.8) is 0 Å². The molecular weight excluding hydrogens is 281 g/mol. The van der Waals surface area contributed by atoms with Gasteiger partial charge in [-0.2, -0.15) is 0 Å². The molecule has 0 radical (unpaired) electrons. The molecule has 1 heterocycles. The largest absolute Gasteiger partial charge is 0.465 e. The van der Waals surface area contributed by atoms with Gasteiger partial charge < -0.3 is 40.7 Å². The molecule has 1 fully saturated rings. The van der Waals surface area contributed by atoms with E-state index < -0.39 is 55.0 Å². The number of hydrogen-bond donors (Lipinski definition) is 6. The van der Waals surface area contributed by atoms with Gasteiger partial charge in [-0.1, -0.05) is 0 Å². The van der Waals surface area contributed by atoms with E-state index in [2.05, 4.69) is 4.74 Å². The minimum absolute atomic E-state index is 0.852. The van der Waals surface area contributed by atoms with Crippen LogP contribution in [0.2, 0.25) is 0 Å². The van der Waals surface area contributed by atoms with Crippen molar-refractivity contribution in [1.82, 2.24) is 0 Å². The normalized spacial score (nSPS) is 41.0. The van der Waals surface area contributed by atoms with Crippen molar-refractivity contribution in [3.8, 4) is 0 Å². The van der Waals surface area contributed by atoms with E-state index in [1.807, 2.05) is 0 Å². The summed E-state index contributed by atoms with van der Waals surface area (Å²) in [4.78, 5) is 11.4. The van der Waals surface area contributed by atoms with Crippen LogP contribution in [-0.2, 0) is 14.3 Å². The van der Waals surface area contributed by atoms with Crippen LogP contribution in [0.1, 0.15) is 0 Å². The van der Waals surface area contributed by atoms with Gasteiger partial charge in [0.1, 0.15) is 24.4 Å². The van der Waals surface area contributed by atoms with Gasteiger partial charge in [-0.3, -0.25) is 0 Å². The highest BCUT2D eigenvalue weighted by atomic mass is 19.1. The fraction of sp³-hybridized carbons (Fsp3) is 0.900. The predicted octanol–water partition coefficient (Wildman–Crippen LogP) is -4.01. The number of alkyl halides is 1. The Kier molecular flexibility index (Phi) is 5.38. The van der Waals surface area contributed by atoms with Crippen LogP contribution in [0.5, 0.6) is 0 Å². The summed E-state index contributed by atoms with van der Waals surface area (Å²) in [6, 6.07) is -1.55. The summed E-state index contributed by atoms with van der Waals surface area (Å²) in [5.41, 5.74) is 5.44. The molecule has 118 valence electrons. The van der Waals surface area contributed by atoms with Crippen LogP contribution in [0, 0.1) is 0 Å². The molecule has 1 aliphatic heterocycles. The van der Waals surface area contributed by atoms with Gasteiger partial charge in [-0.25, -0.2) is 9.18 Å². The zero-order valence-electron chi connectivity index (χ0n) is 10.6. The van der Waals surface area contributed by atoms with Crippen molar-refractivity contribution >= 4 is 5.97 Å². The van der Waals surface area contributed by atoms with E-state index in [9.17, 15) is 29.6 Å². The zero-order chi connectivity index (χ0) is 15.7. The standard InChI is InChI=1S/C10H18FNO8/c1-19-9(17)10(18)8(11)6(16)4(12)7(20-10)5(15)3(14)2-13/h3-8,13-16,18H,2,12H2,1H3/t3-,4?,5-,6?,7?,8?,10?/m1/s1. The first kappa shape index (κ1) is 17.2. The summed E-state index contributed by atoms with van der Waals surface area (Å²) >= 11 is 0. The number of hydrogen-bond acceptors (Lipinski definition) is 9. The summed E-state index contributed by atoms with van der Waals surface area (Å²) in [7, 11) is 0.852. The van der Waals surface area contributed by atoms with Crippen molar-refractivity contribution in [2.75, 3.05) is 13.7 Å². The second-order valence-electron chi connectivity index (χ2n) is 4.48. The number of esters is 1. The number of carbonyl (C=O) groups is 1. The number of methoxy groups -OCH3 is 1. The summed E-state index contributed by atoms with van der Waals surface area (Å²) in [6.07, 6.45) is -9.97. The quantitative estimate of drug-likeness (QED) is 0.284. The Morgan fingerprint density at radius 2 is 2.10 bits per heavy atom. The average Bonchev–Trinajstić information content (AvgIpc) is 2.46. The molecule has 0 aromatic rings. The Hall–Kier alpha value is -0.880. The zero-order valence-corrected chi connectivity index (χ0v) is 10.6. The smallest absolute Gasteiger partial charge is 0.369 e. The van der Waals surface area contributed by atoms with E-state index in [1.54, 1.807) is 0 Å². The van der Waals surface area contributed by atoms with Gasteiger partial charge in [-0.15, -0.1) is 0 Å². The lowest BCUT2D eigenvalue weighted by molar-refractivity contribution is -0.319. The molecule has 0 aromatic heterocycles. The number of aliphatic hydroxyl groups is 5. The number of halogens is 1. The molecule has 0 saturated carbocycles.